The molecule has 1 aliphatic carbocycles. The molecule has 228 valence electrons. The van der Waals surface area contributed by atoms with Crippen LogP contribution in [0.25, 0.3) is 0 Å². The third-order valence-electron chi connectivity index (χ3n) is 8.10. The summed E-state index contributed by atoms with van der Waals surface area (Å²) in [5.41, 5.74) is 3.33. The zero-order valence-electron chi connectivity index (χ0n) is 24.4. The Morgan fingerprint density at radius 3 is 2.11 bits per heavy atom. The lowest BCUT2D eigenvalue weighted by Gasteiger charge is -2.25. The number of aryl methyl sites for hydroxylation is 3. The smallest absolute Gasteiger partial charge is 0.231 e. The number of aromatic hydroxyl groups is 2. The van der Waals surface area contributed by atoms with Gasteiger partial charge in [-0.25, -0.2) is 0 Å². The van der Waals surface area contributed by atoms with E-state index in [4.69, 9.17) is 28.4 Å². The molecule has 0 saturated heterocycles. The Balaban J connectivity index is 1.29. The lowest BCUT2D eigenvalue weighted by atomic mass is 9.80. The Hall–Kier alpha value is -5.12. The zero-order chi connectivity index (χ0) is 30.8. The number of hydrogen-bond acceptors (Lipinski definition) is 10. The normalized spacial score (nSPS) is 15.6. The van der Waals surface area contributed by atoms with Crippen LogP contribution in [0, 0.1) is 0 Å². The summed E-state index contributed by atoms with van der Waals surface area (Å²) in [5, 5.41) is 21.4. The van der Waals surface area contributed by atoms with Gasteiger partial charge in [0.1, 0.15) is 17.2 Å². The van der Waals surface area contributed by atoms with Crippen LogP contribution in [0.3, 0.4) is 0 Å². The summed E-state index contributed by atoms with van der Waals surface area (Å²) in [6.45, 7) is 0.282. The van der Waals surface area contributed by atoms with Gasteiger partial charge in [-0.3, -0.25) is 9.59 Å². The average molecular weight is 601 g/mol. The molecule has 0 spiro atoms. The minimum atomic E-state index is -0.529. The first-order valence-corrected chi connectivity index (χ1v) is 14.3. The molecule has 0 amide bonds. The van der Waals surface area contributed by atoms with Gasteiger partial charge in [-0.1, -0.05) is 6.07 Å². The van der Waals surface area contributed by atoms with Crippen LogP contribution in [0.4, 0.5) is 0 Å². The van der Waals surface area contributed by atoms with Gasteiger partial charge < -0.3 is 38.6 Å². The molecule has 2 heterocycles. The number of benzene rings is 3. The van der Waals surface area contributed by atoms with Crippen molar-refractivity contribution in [3.05, 3.63) is 88.2 Å². The minimum Gasteiger partial charge on any atom is -0.508 e. The van der Waals surface area contributed by atoms with Crippen molar-refractivity contribution < 1.29 is 48.2 Å². The van der Waals surface area contributed by atoms with Crippen LogP contribution in [0.15, 0.2) is 65.9 Å². The number of rotatable bonds is 11. The Morgan fingerprint density at radius 2 is 1.39 bits per heavy atom. The molecule has 6 rings (SSSR count). The second-order valence-corrected chi connectivity index (χ2v) is 10.7. The number of ether oxygens (including phenoxy) is 6. The fraction of sp³-hybridized carbons (Fsp3) is 0.294. The molecule has 1 atom stereocenters. The average Bonchev–Trinajstić information content (AvgIpc) is 3.68. The van der Waals surface area contributed by atoms with Crippen LogP contribution in [0.5, 0.6) is 40.2 Å². The summed E-state index contributed by atoms with van der Waals surface area (Å²) in [4.78, 5) is 26.1. The predicted octanol–water partition coefficient (Wildman–Crippen LogP) is 5.06. The van der Waals surface area contributed by atoms with Crippen molar-refractivity contribution in [3.8, 4) is 40.2 Å². The van der Waals surface area contributed by atoms with Gasteiger partial charge in [-0.2, -0.15) is 0 Å². The number of hydrogen-bond donors (Lipinski definition) is 2. The van der Waals surface area contributed by atoms with E-state index in [-0.39, 0.29) is 36.6 Å². The molecular formula is C34H32O10. The zero-order valence-corrected chi connectivity index (χ0v) is 24.4. The Morgan fingerprint density at radius 1 is 0.727 bits per heavy atom. The first kappa shape index (κ1) is 29.0. The summed E-state index contributed by atoms with van der Waals surface area (Å²) in [6, 6.07) is 12.4. The maximum Gasteiger partial charge on any atom is 0.231 e. The summed E-state index contributed by atoms with van der Waals surface area (Å²) in [7, 11) is 2.85. The van der Waals surface area contributed by atoms with Crippen molar-refractivity contribution in [1.29, 1.82) is 0 Å². The first-order valence-electron chi connectivity index (χ1n) is 14.3. The highest BCUT2D eigenvalue weighted by atomic mass is 16.7. The highest BCUT2D eigenvalue weighted by Crippen LogP contribution is 2.42. The lowest BCUT2D eigenvalue weighted by molar-refractivity contribution is -0.117. The molecule has 3 aliphatic rings. The molecule has 3 aromatic carbocycles. The highest BCUT2D eigenvalue weighted by Gasteiger charge is 2.31. The molecule has 0 unspecified atom stereocenters. The van der Waals surface area contributed by atoms with E-state index in [0.717, 1.165) is 5.56 Å². The van der Waals surface area contributed by atoms with Crippen LogP contribution in [-0.4, -0.2) is 49.6 Å². The molecule has 3 aromatic rings. The van der Waals surface area contributed by atoms with E-state index in [1.165, 1.54) is 26.4 Å². The largest absolute Gasteiger partial charge is 0.508 e. The Bertz CT molecular complexity index is 1690. The van der Waals surface area contributed by atoms with E-state index in [0.29, 0.717) is 83.1 Å². The first-order chi connectivity index (χ1) is 21.3. The number of fused-ring (bicyclic) bond motifs is 2. The summed E-state index contributed by atoms with van der Waals surface area (Å²) in [6.07, 6.45) is 5.19. The van der Waals surface area contributed by atoms with E-state index >= 15 is 0 Å². The van der Waals surface area contributed by atoms with Crippen molar-refractivity contribution in [2.45, 2.75) is 38.0 Å². The van der Waals surface area contributed by atoms with Gasteiger partial charge in [0.2, 0.25) is 19.4 Å². The van der Waals surface area contributed by atoms with Crippen LogP contribution in [-0.2, 0) is 33.6 Å². The van der Waals surface area contributed by atoms with Gasteiger partial charge in [-0.15, -0.1) is 0 Å². The molecule has 0 aromatic heterocycles. The van der Waals surface area contributed by atoms with Gasteiger partial charge >= 0.3 is 0 Å². The van der Waals surface area contributed by atoms with Gasteiger partial charge in [0, 0.05) is 35.3 Å². The van der Waals surface area contributed by atoms with Crippen LogP contribution < -0.4 is 23.7 Å². The molecule has 2 N–H and O–H groups in total. The molecular weight excluding hydrogens is 568 g/mol. The van der Waals surface area contributed by atoms with Gasteiger partial charge in [0.25, 0.3) is 0 Å². The van der Waals surface area contributed by atoms with E-state index in [1.54, 1.807) is 18.2 Å². The van der Waals surface area contributed by atoms with Gasteiger partial charge in [0.05, 0.1) is 14.2 Å². The summed E-state index contributed by atoms with van der Waals surface area (Å²) >= 11 is 0. The number of carbonyl (C=O) groups excluding carboxylic acids is 2. The molecule has 44 heavy (non-hydrogen) atoms. The standard InChI is InChI=1S/C34H32O10/c1-39-30-14-25(35)20(4-3-5-21-12-33-34(15-26(21)36)44-18-43-33)11-24(30)22(23-13-28(38)31(40-2)16-27(23)37)8-6-19-7-9-29-32(10-19)42-17-41-29/h7,9-16,22,35-36H,3-6,8,17-18H2,1-2H3/t22-/m1/s1. The number of allylic oxidation sites excluding steroid dienone is 3. The fourth-order valence-electron chi connectivity index (χ4n) is 5.80. The molecule has 10 heteroatoms. The van der Waals surface area contributed by atoms with Crippen LogP contribution in [0.1, 0.15) is 41.0 Å². The third-order valence-corrected chi connectivity index (χ3v) is 8.10. The summed E-state index contributed by atoms with van der Waals surface area (Å²) < 4.78 is 32.5. The van der Waals surface area contributed by atoms with Crippen molar-refractivity contribution in [2.24, 2.45) is 0 Å². The number of carbonyl (C=O) groups is 2. The van der Waals surface area contributed by atoms with Gasteiger partial charge in [-0.05, 0) is 79.1 Å². The third kappa shape index (κ3) is 5.75. The Kier molecular flexibility index (Phi) is 8.06. The topological polar surface area (TPSA) is 130 Å². The molecule has 0 radical (unpaired) electrons. The maximum atomic E-state index is 13.3. The molecule has 10 nitrogen and oxygen atoms in total. The fourth-order valence-corrected chi connectivity index (χ4v) is 5.80. The number of phenols is 2. The molecule has 2 aliphatic heterocycles. The van der Waals surface area contributed by atoms with Gasteiger partial charge in [0.15, 0.2) is 34.5 Å². The van der Waals surface area contributed by atoms with Crippen molar-refractivity contribution in [2.75, 3.05) is 27.8 Å². The van der Waals surface area contributed by atoms with Crippen molar-refractivity contribution >= 4 is 11.6 Å². The number of phenolic OH excluding ortho intramolecular Hbond substituents is 2. The Labute approximate surface area is 254 Å². The number of methoxy groups -OCH3 is 2. The van der Waals surface area contributed by atoms with E-state index < -0.39 is 11.7 Å². The monoisotopic (exact) mass is 600 g/mol. The highest BCUT2D eigenvalue weighted by molar-refractivity contribution is 6.19. The predicted molar refractivity (Wildman–Crippen MR) is 158 cm³/mol. The van der Waals surface area contributed by atoms with Crippen molar-refractivity contribution in [3.63, 3.8) is 0 Å². The van der Waals surface area contributed by atoms with Crippen LogP contribution in [0.2, 0.25) is 0 Å². The maximum absolute atomic E-state index is 13.3. The SMILES string of the molecule is COC1=CC(=O)C([C@@H](CCc2ccc3c(c2)OCO3)c2cc(CCCc3cc4c(cc3O)OCO4)c(O)cc2OC)=CC1=O. The second kappa shape index (κ2) is 12.2. The quantitative estimate of drug-likeness (QED) is 0.288. The van der Waals surface area contributed by atoms with Crippen LogP contribution >= 0.6 is 0 Å². The van der Waals surface area contributed by atoms with E-state index in [1.807, 2.05) is 24.3 Å². The number of ketones is 2. The van der Waals surface area contributed by atoms with E-state index in [9.17, 15) is 19.8 Å². The molecule has 0 fully saturated rings. The second-order valence-electron chi connectivity index (χ2n) is 10.7. The van der Waals surface area contributed by atoms with E-state index in [2.05, 4.69) is 0 Å². The molecule has 0 saturated carbocycles. The van der Waals surface area contributed by atoms with Crippen molar-refractivity contribution in [1.82, 2.24) is 0 Å². The summed E-state index contributed by atoms with van der Waals surface area (Å²) in [5.74, 6) is 1.74. The molecule has 0 bridgehead atoms. The minimum absolute atomic E-state index is 0.0154. The lowest BCUT2D eigenvalue weighted by Crippen LogP contribution is -2.20.